The zero-order valence-corrected chi connectivity index (χ0v) is 7.99. The highest BCUT2D eigenvalue weighted by Crippen LogP contribution is 2.33. The lowest BCUT2D eigenvalue weighted by molar-refractivity contribution is 0.567. The lowest BCUT2D eigenvalue weighted by Gasteiger charge is -2.03. The summed E-state index contributed by atoms with van der Waals surface area (Å²) < 4.78 is 1.61. The van der Waals surface area contributed by atoms with Gasteiger partial charge in [0.2, 0.25) is 0 Å². The van der Waals surface area contributed by atoms with Crippen LogP contribution < -0.4 is 11.0 Å². The SMILES string of the molecule is O=c1[nH]c(C2CCCN2)nn1C1CC1. The van der Waals surface area contributed by atoms with E-state index in [4.69, 9.17) is 0 Å². The standard InChI is InChI=1S/C9H14N4O/c14-9-11-8(7-2-1-5-10-7)12-13(9)6-3-4-6/h6-7,10H,1-5H2,(H,11,12,14). The Bertz CT molecular complexity index is 384. The molecule has 1 aliphatic carbocycles. The second-order valence-electron chi connectivity index (χ2n) is 4.14. The molecule has 1 atom stereocenters. The van der Waals surface area contributed by atoms with Crippen LogP contribution in [0.3, 0.4) is 0 Å². The Morgan fingerprint density at radius 2 is 2.21 bits per heavy atom. The minimum atomic E-state index is -0.0452. The van der Waals surface area contributed by atoms with E-state index in [2.05, 4.69) is 15.4 Å². The fourth-order valence-corrected chi connectivity index (χ4v) is 1.99. The number of rotatable bonds is 2. The smallest absolute Gasteiger partial charge is 0.307 e. The summed E-state index contributed by atoms with van der Waals surface area (Å²) >= 11 is 0. The van der Waals surface area contributed by atoms with Crippen molar-refractivity contribution in [1.82, 2.24) is 20.1 Å². The van der Waals surface area contributed by atoms with E-state index in [0.29, 0.717) is 6.04 Å². The van der Waals surface area contributed by atoms with E-state index in [1.165, 1.54) is 6.42 Å². The Hall–Kier alpha value is -1.10. The van der Waals surface area contributed by atoms with Crippen LogP contribution in [-0.2, 0) is 0 Å². The predicted octanol–water partition coefficient (Wildman–Crippen LogP) is 0.331. The second-order valence-corrected chi connectivity index (χ2v) is 4.14. The van der Waals surface area contributed by atoms with Gasteiger partial charge in [-0.25, -0.2) is 9.48 Å². The largest absolute Gasteiger partial charge is 0.343 e. The van der Waals surface area contributed by atoms with E-state index in [-0.39, 0.29) is 11.7 Å². The zero-order valence-electron chi connectivity index (χ0n) is 7.99. The molecule has 2 N–H and O–H groups in total. The highest BCUT2D eigenvalue weighted by molar-refractivity contribution is 4.97. The number of nitrogens with one attached hydrogen (secondary N) is 2. The number of hydrogen-bond donors (Lipinski definition) is 2. The second kappa shape index (κ2) is 2.95. The van der Waals surface area contributed by atoms with Crippen molar-refractivity contribution >= 4 is 0 Å². The van der Waals surface area contributed by atoms with Gasteiger partial charge in [0.05, 0.1) is 12.1 Å². The molecular weight excluding hydrogens is 180 g/mol. The van der Waals surface area contributed by atoms with Crippen molar-refractivity contribution in [3.8, 4) is 0 Å². The van der Waals surface area contributed by atoms with Gasteiger partial charge in [0.1, 0.15) is 5.82 Å². The van der Waals surface area contributed by atoms with Crippen molar-refractivity contribution in [2.75, 3.05) is 6.54 Å². The number of hydrogen-bond acceptors (Lipinski definition) is 3. The highest BCUT2D eigenvalue weighted by Gasteiger charge is 2.29. The van der Waals surface area contributed by atoms with Gasteiger partial charge in [-0.15, -0.1) is 0 Å². The summed E-state index contributed by atoms with van der Waals surface area (Å²) in [5.41, 5.74) is -0.0452. The minimum Gasteiger partial charge on any atom is -0.307 e. The normalized spacial score (nSPS) is 27.0. The van der Waals surface area contributed by atoms with Gasteiger partial charge < -0.3 is 5.32 Å². The van der Waals surface area contributed by atoms with E-state index >= 15 is 0 Å². The van der Waals surface area contributed by atoms with Gasteiger partial charge >= 0.3 is 5.69 Å². The molecule has 1 aromatic heterocycles. The summed E-state index contributed by atoms with van der Waals surface area (Å²) in [7, 11) is 0. The molecule has 0 radical (unpaired) electrons. The summed E-state index contributed by atoms with van der Waals surface area (Å²) in [5, 5.41) is 7.67. The van der Waals surface area contributed by atoms with Gasteiger partial charge in [-0.05, 0) is 32.2 Å². The molecule has 0 spiro atoms. The first-order valence-corrected chi connectivity index (χ1v) is 5.27. The monoisotopic (exact) mass is 194 g/mol. The van der Waals surface area contributed by atoms with E-state index in [0.717, 1.165) is 31.6 Å². The Morgan fingerprint density at radius 3 is 2.86 bits per heavy atom. The molecule has 1 aliphatic heterocycles. The molecular formula is C9H14N4O. The molecule has 0 aromatic carbocycles. The Morgan fingerprint density at radius 1 is 1.36 bits per heavy atom. The minimum absolute atomic E-state index is 0.0452. The molecule has 1 aromatic rings. The average Bonchev–Trinajstić information content (AvgIpc) is 2.75. The third-order valence-corrected chi connectivity index (χ3v) is 2.94. The van der Waals surface area contributed by atoms with Crippen molar-refractivity contribution < 1.29 is 0 Å². The number of nitrogens with zero attached hydrogens (tertiary/aromatic N) is 2. The fraction of sp³-hybridized carbons (Fsp3) is 0.778. The Balaban J connectivity index is 1.90. The maximum absolute atomic E-state index is 11.5. The van der Waals surface area contributed by atoms with Crippen LogP contribution in [0, 0.1) is 0 Å². The lowest BCUT2D eigenvalue weighted by Crippen LogP contribution is -2.16. The maximum Gasteiger partial charge on any atom is 0.343 e. The maximum atomic E-state index is 11.5. The van der Waals surface area contributed by atoms with Gasteiger partial charge in [0.25, 0.3) is 0 Å². The molecule has 2 heterocycles. The summed E-state index contributed by atoms with van der Waals surface area (Å²) in [6, 6.07) is 0.636. The van der Waals surface area contributed by atoms with Crippen LogP contribution >= 0.6 is 0 Å². The molecule has 0 amide bonds. The van der Waals surface area contributed by atoms with Crippen molar-refractivity contribution in [1.29, 1.82) is 0 Å². The zero-order chi connectivity index (χ0) is 9.54. The van der Waals surface area contributed by atoms with Gasteiger partial charge in [0, 0.05) is 0 Å². The quantitative estimate of drug-likeness (QED) is 0.713. The molecule has 2 aliphatic rings. The van der Waals surface area contributed by atoms with E-state index < -0.39 is 0 Å². The molecule has 1 saturated carbocycles. The average molecular weight is 194 g/mol. The third-order valence-electron chi connectivity index (χ3n) is 2.94. The van der Waals surface area contributed by atoms with Crippen LogP contribution in [0.15, 0.2) is 4.79 Å². The molecule has 5 nitrogen and oxygen atoms in total. The van der Waals surface area contributed by atoms with Crippen LogP contribution in [0.4, 0.5) is 0 Å². The van der Waals surface area contributed by atoms with Crippen LogP contribution in [0.5, 0.6) is 0 Å². The lowest BCUT2D eigenvalue weighted by atomic mass is 10.2. The van der Waals surface area contributed by atoms with Gasteiger partial charge in [-0.2, -0.15) is 5.10 Å². The molecule has 1 saturated heterocycles. The molecule has 76 valence electrons. The van der Waals surface area contributed by atoms with Crippen LogP contribution in [0.1, 0.15) is 43.6 Å². The Labute approximate surface area is 81.5 Å². The van der Waals surface area contributed by atoms with Crippen LogP contribution in [-0.4, -0.2) is 21.3 Å². The third kappa shape index (κ3) is 1.28. The summed E-state index contributed by atoms with van der Waals surface area (Å²) in [6.07, 6.45) is 4.45. The molecule has 14 heavy (non-hydrogen) atoms. The molecule has 5 heteroatoms. The van der Waals surface area contributed by atoms with E-state index in [9.17, 15) is 4.79 Å². The van der Waals surface area contributed by atoms with E-state index in [1.807, 2.05) is 0 Å². The summed E-state index contributed by atoms with van der Waals surface area (Å²) in [4.78, 5) is 14.3. The number of aromatic nitrogens is 3. The summed E-state index contributed by atoms with van der Waals surface area (Å²) in [6.45, 7) is 1.03. The molecule has 0 bridgehead atoms. The van der Waals surface area contributed by atoms with Crippen LogP contribution in [0.25, 0.3) is 0 Å². The first kappa shape index (κ1) is 8.23. The summed E-state index contributed by atoms with van der Waals surface area (Å²) in [5.74, 6) is 0.819. The van der Waals surface area contributed by atoms with E-state index in [1.54, 1.807) is 4.68 Å². The van der Waals surface area contributed by atoms with Gasteiger partial charge in [0.15, 0.2) is 0 Å². The Kier molecular flexibility index (Phi) is 1.73. The van der Waals surface area contributed by atoms with Gasteiger partial charge in [-0.1, -0.05) is 0 Å². The van der Waals surface area contributed by atoms with Crippen molar-refractivity contribution in [2.45, 2.75) is 37.8 Å². The number of H-pyrrole nitrogens is 1. The molecule has 1 unspecified atom stereocenters. The molecule has 2 fully saturated rings. The van der Waals surface area contributed by atoms with Crippen LogP contribution in [0.2, 0.25) is 0 Å². The topological polar surface area (TPSA) is 62.7 Å². The predicted molar refractivity (Wildman–Crippen MR) is 51.1 cm³/mol. The van der Waals surface area contributed by atoms with Crippen molar-refractivity contribution in [3.05, 3.63) is 16.3 Å². The fourth-order valence-electron chi connectivity index (χ4n) is 1.99. The highest BCUT2D eigenvalue weighted by atomic mass is 16.2. The molecule has 3 rings (SSSR count). The number of aromatic amines is 1. The van der Waals surface area contributed by atoms with Crippen molar-refractivity contribution in [2.24, 2.45) is 0 Å². The van der Waals surface area contributed by atoms with Crippen molar-refractivity contribution in [3.63, 3.8) is 0 Å². The first-order valence-electron chi connectivity index (χ1n) is 5.27. The van der Waals surface area contributed by atoms with Gasteiger partial charge in [-0.3, -0.25) is 4.98 Å². The first-order chi connectivity index (χ1) is 6.84.